The SMILES string of the molecule is COc1ccc(CF)c(F)c1OC. The van der Waals surface area contributed by atoms with Crippen LogP contribution in [0.15, 0.2) is 12.1 Å². The van der Waals surface area contributed by atoms with Crippen molar-refractivity contribution in [2.75, 3.05) is 14.2 Å². The summed E-state index contributed by atoms with van der Waals surface area (Å²) >= 11 is 0. The second kappa shape index (κ2) is 4.07. The fourth-order valence-corrected chi connectivity index (χ4v) is 1.03. The van der Waals surface area contributed by atoms with Gasteiger partial charge in [-0.3, -0.25) is 0 Å². The topological polar surface area (TPSA) is 18.5 Å². The Morgan fingerprint density at radius 1 is 1.23 bits per heavy atom. The molecule has 0 aliphatic carbocycles. The first-order chi connectivity index (χ1) is 6.24. The van der Waals surface area contributed by atoms with Crippen LogP contribution in [0.25, 0.3) is 0 Å². The summed E-state index contributed by atoms with van der Waals surface area (Å²) in [5.41, 5.74) is -0.0300. The number of rotatable bonds is 3. The standard InChI is InChI=1S/C9H10F2O2/c1-12-7-4-3-6(5-10)8(11)9(7)13-2/h3-4H,5H2,1-2H3. The monoisotopic (exact) mass is 188 g/mol. The quantitative estimate of drug-likeness (QED) is 0.724. The number of methoxy groups -OCH3 is 2. The third-order valence-corrected chi connectivity index (χ3v) is 1.71. The summed E-state index contributed by atoms with van der Waals surface area (Å²) in [5.74, 6) is -0.501. The molecule has 1 aromatic rings. The largest absolute Gasteiger partial charge is 0.493 e. The lowest BCUT2D eigenvalue weighted by Crippen LogP contribution is -1.96. The number of alkyl halides is 1. The van der Waals surface area contributed by atoms with E-state index in [4.69, 9.17) is 9.47 Å². The molecule has 0 radical (unpaired) electrons. The van der Waals surface area contributed by atoms with E-state index in [2.05, 4.69) is 0 Å². The average molecular weight is 188 g/mol. The zero-order chi connectivity index (χ0) is 9.84. The molecule has 0 amide bonds. The van der Waals surface area contributed by atoms with Gasteiger partial charge in [-0.05, 0) is 12.1 Å². The van der Waals surface area contributed by atoms with E-state index in [-0.39, 0.29) is 17.1 Å². The summed E-state index contributed by atoms with van der Waals surface area (Å²) < 4.78 is 35.0. The summed E-state index contributed by atoms with van der Waals surface area (Å²) in [4.78, 5) is 0. The molecule has 2 nitrogen and oxygen atoms in total. The Hall–Kier alpha value is -1.32. The van der Waals surface area contributed by atoms with Crippen LogP contribution in [0.1, 0.15) is 5.56 Å². The molecule has 0 saturated carbocycles. The predicted molar refractivity (Wildman–Crippen MR) is 44.3 cm³/mol. The normalized spacial score (nSPS) is 9.85. The molecule has 0 heterocycles. The van der Waals surface area contributed by atoms with Crippen LogP contribution in [0.3, 0.4) is 0 Å². The molecule has 0 aromatic heterocycles. The molecule has 13 heavy (non-hydrogen) atoms. The van der Waals surface area contributed by atoms with Gasteiger partial charge >= 0.3 is 0 Å². The van der Waals surface area contributed by atoms with Gasteiger partial charge in [0, 0.05) is 5.56 Å². The molecular formula is C9H10F2O2. The first-order valence-electron chi connectivity index (χ1n) is 3.70. The van der Waals surface area contributed by atoms with Crippen molar-refractivity contribution >= 4 is 0 Å². The number of halogens is 2. The van der Waals surface area contributed by atoms with Crippen LogP contribution in [-0.4, -0.2) is 14.2 Å². The molecule has 0 saturated heterocycles. The van der Waals surface area contributed by atoms with Crippen LogP contribution in [0.2, 0.25) is 0 Å². The lowest BCUT2D eigenvalue weighted by Gasteiger charge is -2.09. The summed E-state index contributed by atoms with van der Waals surface area (Å²) in [6.45, 7) is -0.855. The Morgan fingerprint density at radius 3 is 2.38 bits per heavy atom. The molecule has 0 atom stereocenters. The van der Waals surface area contributed by atoms with Gasteiger partial charge in [-0.25, -0.2) is 8.78 Å². The van der Waals surface area contributed by atoms with Crippen molar-refractivity contribution in [1.82, 2.24) is 0 Å². The van der Waals surface area contributed by atoms with Crippen LogP contribution in [-0.2, 0) is 6.67 Å². The van der Waals surface area contributed by atoms with E-state index < -0.39 is 12.5 Å². The number of ether oxygens (including phenoxy) is 2. The zero-order valence-electron chi connectivity index (χ0n) is 7.43. The number of hydrogen-bond donors (Lipinski definition) is 0. The van der Waals surface area contributed by atoms with E-state index in [0.717, 1.165) is 0 Å². The van der Waals surface area contributed by atoms with Gasteiger partial charge in [0.15, 0.2) is 17.3 Å². The lowest BCUT2D eigenvalue weighted by atomic mass is 10.2. The van der Waals surface area contributed by atoms with E-state index in [1.165, 1.54) is 26.4 Å². The molecule has 0 N–H and O–H groups in total. The summed E-state index contributed by atoms with van der Waals surface area (Å²) in [5, 5.41) is 0. The third kappa shape index (κ3) is 1.71. The Balaban J connectivity index is 3.23. The smallest absolute Gasteiger partial charge is 0.197 e. The number of hydrogen-bond acceptors (Lipinski definition) is 2. The van der Waals surface area contributed by atoms with Crippen molar-refractivity contribution in [2.24, 2.45) is 0 Å². The molecule has 4 heteroatoms. The van der Waals surface area contributed by atoms with Crippen molar-refractivity contribution in [3.05, 3.63) is 23.5 Å². The molecule has 0 bridgehead atoms. The van der Waals surface area contributed by atoms with Crippen molar-refractivity contribution in [3.63, 3.8) is 0 Å². The fraction of sp³-hybridized carbons (Fsp3) is 0.333. The van der Waals surface area contributed by atoms with Crippen molar-refractivity contribution < 1.29 is 18.3 Å². The van der Waals surface area contributed by atoms with Gasteiger partial charge in [-0.1, -0.05) is 0 Å². The molecule has 72 valence electrons. The Morgan fingerprint density at radius 2 is 1.92 bits per heavy atom. The van der Waals surface area contributed by atoms with Crippen LogP contribution in [0.5, 0.6) is 11.5 Å². The maximum atomic E-state index is 13.3. The minimum absolute atomic E-state index is 0.0300. The summed E-state index contributed by atoms with van der Waals surface area (Å²) in [6, 6.07) is 2.80. The summed E-state index contributed by atoms with van der Waals surface area (Å²) in [7, 11) is 2.70. The van der Waals surface area contributed by atoms with Crippen LogP contribution < -0.4 is 9.47 Å². The highest BCUT2D eigenvalue weighted by atomic mass is 19.1. The van der Waals surface area contributed by atoms with Crippen LogP contribution in [0, 0.1) is 5.82 Å². The van der Waals surface area contributed by atoms with Gasteiger partial charge < -0.3 is 9.47 Å². The van der Waals surface area contributed by atoms with E-state index in [9.17, 15) is 8.78 Å². The highest BCUT2D eigenvalue weighted by Crippen LogP contribution is 2.32. The molecule has 0 aliphatic rings. The van der Waals surface area contributed by atoms with Gasteiger partial charge in [-0.15, -0.1) is 0 Å². The second-order valence-corrected chi connectivity index (χ2v) is 2.41. The van der Waals surface area contributed by atoms with Crippen LogP contribution in [0.4, 0.5) is 8.78 Å². The van der Waals surface area contributed by atoms with E-state index in [1.54, 1.807) is 0 Å². The van der Waals surface area contributed by atoms with E-state index in [0.29, 0.717) is 0 Å². The minimum Gasteiger partial charge on any atom is -0.493 e. The van der Waals surface area contributed by atoms with Crippen molar-refractivity contribution in [2.45, 2.75) is 6.67 Å². The molecular weight excluding hydrogens is 178 g/mol. The molecule has 0 spiro atoms. The van der Waals surface area contributed by atoms with E-state index >= 15 is 0 Å². The molecule has 0 aliphatic heterocycles. The summed E-state index contributed by atoms with van der Waals surface area (Å²) in [6.07, 6.45) is 0. The fourth-order valence-electron chi connectivity index (χ4n) is 1.03. The van der Waals surface area contributed by atoms with Crippen LogP contribution >= 0.6 is 0 Å². The highest BCUT2D eigenvalue weighted by molar-refractivity contribution is 5.44. The zero-order valence-corrected chi connectivity index (χ0v) is 7.43. The van der Waals surface area contributed by atoms with Crippen molar-refractivity contribution in [1.29, 1.82) is 0 Å². The molecule has 1 rings (SSSR count). The number of benzene rings is 1. The first kappa shape index (κ1) is 9.77. The predicted octanol–water partition coefficient (Wildman–Crippen LogP) is 2.31. The Bertz CT molecular complexity index is 300. The molecule has 1 aromatic carbocycles. The Kier molecular flexibility index (Phi) is 3.06. The molecule has 0 unspecified atom stereocenters. The van der Waals surface area contributed by atoms with Crippen molar-refractivity contribution in [3.8, 4) is 11.5 Å². The third-order valence-electron chi connectivity index (χ3n) is 1.71. The lowest BCUT2D eigenvalue weighted by molar-refractivity contribution is 0.333. The maximum absolute atomic E-state index is 13.3. The van der Waals surface area contributed by atoms with Gasteiger partial charge in [0.1, 0.15) is 6.67 Å². The average Bonchev–Trinajstić information content (AvgIpc) is 2.17. The van der Waals surface area contributed by atoms with Gasteiger partial charge in [0.05, 0.1) is 14.2 Å². The second-order valence-electron chi connectivity index (χ2n) is 2.41. The first-order valence-corrected chi connectivity index (χ1v) is 3.70. The Labute approximate surface area is 75.1 Å². The minimum atomic E-state index is -0.855. The maximum Gasteiger partial charge on any atom is 0.197 e. The van der Waals surface area contributed by atoms with Gasteiger partial charge in [-0.2, -0.15) is 0 Å². The van der Waals surface area contributed by atoms with Gasteiger partial charge in [0.2, 0.25) is 0 Å². The molecule has 0 fully saturated rings. The van der Waals surface area contributed by atoms with E-state index in [1.807, 2.05) is 0 Å². The highest BCUT2D eigenvalue weighted by Gasteiger charge is 2.13. The van der Waals surface area contributed by atoms with Gasteiger partial charge in [0.25, 0.3) is 0 Å².